The van der Waals surface area contributed by atoms with E-state index in [-0.39, 0.29) is 6.61 Å². The number of aliphatic hydroxyl groups is 1. The van der Waals surface area contributed by atoms with Crippen LogP contribution < -0.4 is 4.72 Å². The number of nitrogens with one attached hydrogen (secondary N) is 1. The van der Waals surface area contributed by atoms with Crippen molar-refractivity contribution in [3.05, 3.63) is 17.0 Å². The van der Waals surface area contributed by atoms with Crippen LogP contribution in [0.3, 0.4) is 0 Å². The predicted molar refractivity (Wildman–Crippen MR) is 75.9 cm³/mol. The Hall–Kier alpha value is -0.470. The molecule has 0 bridgehead atoms. The van der Waals surface area contributed by atoms with Crippen LogP contribution in [0.1, 0.15) is 11.3 Å². The molecule has 0 aromatic carbocycles. The minimum Gasteiger partial charge on any atom is -0.396 e. The van der Waals surface area contributed by atoms with Crippen LogP contribution in [0, 0.1) is 5.92 Å². The van der Waals surface area contributed by atoms with E-state index in [4.69, 9.17) is 5.11 Å². The van der Waals surface area contributed by atoms with Gasteiger partial charge < -0.3 is 10.0 Å². The Bertz CT molecular complexity index is 513. The molecule has 1 atom stereocenters. The SMILES string of the molecule is CN1CCC(CNS(=O)(=O)c2ccc(CCO)s2)C1. The fraction of sp³-hybridized carbons (Fsp3) is 0.667. The van der Waals surface area contributed by atoms with Crippen LogP contribution >= 0.6 is 11.3 Å². The van der Waals surface area contributed by atoms with E-state index in [9.17, 15) is 8.42 Å². The quantitative estimate of drug-likeness (QED) is 0.803. The van der Waals surface area contributed by atoms with Crippen LogP contribution in [-0.2, 0) is 16.4 Å². The van der Waals surface area contributed by atoms with E-state index in [1.54, 1.807) is 12.1 Å². The Balaban J connectivity index is 1.93. The second-order valence-electron chi connectivity index (χ2n) is 4.96. The molecule has 2 rings (SSSR count). The molecule has 0 amide bonds. The maximum atomic E-state index is 12.1. The number of sulfonamides is 1. The van der Waals surface area contributed by atoms with E-state index in [0.29, 0.717) is 23.1 Å². The van der Waals surface area contributed by atoms with Crippen molar-refractivity contribution in [2.75, 3.05) is 33.3 Å². The molecule has 1 aliphatic heterocycles. The maximum absolute atomic E-state index is 12.1. The zero-order chi connectivity index (χ0) is 13.9. The summed E-state index contributed by atoms with van der Waals surface area (Å²) < 4.78 is 27.2. The lowest BCUT2D eigenvalue weighted by atomic mass is 10.1. The van der Waals surface area contributed by atoms with Crippen molar-refractivity contribution < 1.29 is 13.5 Å². The Labute approximate surface area is 118 Å². The van der Waals surface area contributed by atoms with Gasteiger partial charge in [0, 0.05) is 31.0 Å². The summed E-state index contributed by atoms with van der Waals surface area (Å²) in [7, 11) is -1.34. The van der Waals surface area contributed by atoms with Gasteiger partial charge in [0.15, 0.2) is 0 Å². The topological polar surface area (TPSA) is 69.6 Å². The molecule has 2 N–H and O–H groups in total. The second kappa shape index (κ2) is 6.32. The van der Waals surface area contributed by atoms with Crippen LogP contribution in [-0.4, -0.2) is 51.7 Å². The zero-order valence-corrected chi connectivity index (χ0v) is 12.6. The van der Waals surface area contributed by atoms with Crippen molar-refractivity contribution in [1.29, 1.82) is 0 Å². The first-order valence-electron chi connectivity index (χ1n) is 6.39. The molecule has 7 heteroatoms. The van der Waals surface area contributed by atoms with Crippen molar-refractivity contribution in [2.24, 2.45) is 5.92 Å². The van der Waals surface area contributed by atoms with E-state index >= 15 is 0 Å². The molecule has 2 heterocycles. The number of likely N-dealkylation sites (tertiary alicyclic amines) is 1. The van der Waals surface area contributed by atoms with Gasteiger partial charge in [-0.15, -0.1) is 11.3 Å². The van der Waals surface area contributed by atoms with Crippen LogP contribution in [0.5, 0.6) is 0 Å². The van der Waals surface area contributed by atoms with Gasteiger partial charge in [-0.2, -0.15) is 0 Å². The minimum atomic E-state index is -3.39. The minimum absolute atomic E-state index is 0.0435. The summed E-state index contributed by atoms with van der Waals surface area (Å²) in [5, 5.41) is 8.84. The molecule has 1 aliphatic rings. The molecule has 1 aromatic heterocycles. The van der Waals surface area contributed by atoms with Crippen molar-refractivity contribution in [1.82, 2.24) is 9.62 Å². The lowest BCUT2D eigenvalue weighted by Gasteiger charge is -2.11. The van der Waals surface area contributed by atoms with Gasteiger partial charge in [0.1, 0.15) is 4.21 Å². The van der Waals surface area contributed by atoms with Crippen LogP contribution in [0.15, 0.2) is 16.3 Å². The van der Waals surface area contributed by atoms with Gasteiger partial charge in [-0.1, -0.05) is 0 Å². The number of rotatable bonds is 6. The highest BCUT2D eigenvalue weighted by Crippen LogP contribution is 2.22. The molecule has 1 aromatic rings. The number of aliphatic hydroxyl groups excluding tert-OH is 1. The van der Waals surface area contributed by atoms with E-state index in [2.05, 4.69) is 16.7 Å². The molecule has 1 unspecified atom stereocenters. The van der Waals surface area contributed by atoms with Gasteiger partial charge in [-0.25, -0.2) is 13.1 Å². The van der Waals surface area contributed by atoms with Crippen molar-refractivity contribution >= 4 is 21.4 Å². The second-order valence-corrected chi connectivity index (χ2v) is 8.13. The molecule has 1 saturated heterocycles. The molecular weight excluding hydrogens is 284 g/mol. The van der Waals surface area contributed by atoms with Gasteiger partial charge in [-0.3, -0.25) is 0 Å². The Kier molecular flexibility index (Phi) is 4.97. The Morgan fingerprint density at radius 2 is 2.32 bits per heavy atom. The molecule has 108 valence electrons. The van der Waals surface area contributed by atoms with Gasteiger partial charge >= 0.3 is 0 Å². The van der Waals surface area contributed by atoms with E-state index < -0.39 is 10.0 Å². The lowest BCUT2D eigenvalue weighted by Crippen LogP contribution is -2.30. The number of hydrogen-bond donors (Lipinski definition) is 2. The molecular formula is C12H20N2O3S2. The summed E-state index contributed by atoms with van der Waals surface area (Å²) >= 11 is 1.23. The summed E-state index contributed by atoms with van der Waals surface area (Å²) in [6.45, 7) is 2.52. The van der Waals surface area contributed by atoms with Gasteiger partial charge in [0.25, 0.3) is 0 Å². The van der Waals surface area contributed by atoms with Crippen molar-refractivity contribution in [3.8, 4) is 0 Å². The summed E-state index contributed by atoms with van der Waals surface area (Å²) in [6.07, 6.45) is 1.55. The highest BCUT2D eigenvalue weighted by Gasteiger charge is 2.23. The third-order valence-electron chi connectivity index (χ3n) is 3.31. The summed E-state index contributed by atoms with van der Waals surface area (Å²) in [4.78, 5) is 3.10. The molecule has 5 nitrogen and oxygen atoms in total. The van der Waals surface area contributed by atoms with Crippen molar-refractivity contribution in [2.45, 2.75) is 17.1 Å². The highest BCUT2D eigenvalue weighted by molar-refractivity contribution is 7.91. The summed E-state index contributed by atoms with van der Waals surface area (Å²) in [5.74, 6) is 0.400. The average molecular weight is 304 g/mol. The first-order chi connectivity index (χ1) is 9.01. The monoisotopic (exact) mass is 304 g/mol. The Morgan fingerprint density at radius 1 is 1.53 bits per heavy atom. The third kappa shape index (κ3) is 4.00. The maximum Gasteiger partial charge on any atom is 0.250 e. The summed E-state index contributed by atoms with van der Waals surface area (Å²) in [5.41, 5.74) is 0. The van der Waals surface area contributed by atoms with Gasteiger partial charge in [0.05, 0.1) is 0 Å². The fourth-order valence-electron chi connectivity index (χ4n) is 2.24. The smallest absolute Gasteiger partial charge is 0.250 e. The largest absolute Gasteiger partial charge is 0.396 e. The normalized spacial score (nSPS) is 21.1. The third-order valence-corrected chi connectivity index (χ3v) is 6.37. The molecule has 19 heavy (non-hydrogen) atoms. The predicted octanol–water partition coefficient (Wildman–Crippen LogP) is 0.513. The van der Waals surface area contributed by atoms with Crippen LogP contribution in [0.4, 0.5) is 0 Å². The molecule has 0 saturated carbocycles. The van der Waals surface area contributed by atoms with E-state index in [0.717, 1.165) is 24.4 Å². The molecule has 0 aliphatic carbocycles. The molecule has 0 radical (unpaired) electrons. The van der Waals surface area contributed by atoms with Gasteiger partial charge in [-0.05, 0) is 38.1 Å². The Morgan fingerprint density at radius 3 is 2.95 bits per heavy atom. The number of nitrogens with zero attached hydrogens (tertiary/aromatic N) is 1. The first kappa shape index (κ1) is 14.9. The average Bonchev–Trinajstić information content (AvgIpc) is 2.97. The zero-order valence-electron chi connectivity index (χ0n) is 11.0. The first-order valence-corrected chi connectivity index (χ1v) is 8.69. The van der Waals surface area contributed by atoms with Crippen LogP contribution in [0.2, 0.25) is 0 Å². The van der Waals surface area contributed by atoms with E-state index in [1.165, 1.54) is 11.3 Å². The highest BCUT2D eigenvalue weighted by atomic mass is 32.2. The van der Waals surface area contributed by atoms with Crippen molar-refractivity contribution in [3.63, 3.8) is 0 Å². The number of thiophene rings is 1. The van der Waals surface area contributed by atoms with Gasteiger partial charge in [0.2, 0.25) is 10.0 Å². The molecule has 1 fully saturated rings. The standard InChI is InChI=1S/C12H20N2O3S2/c1-14-6-4-10(9-14)8-13-19(16,17)12-3-2-11(18-12)5-7-15/h2-3,10,13,15H,4-9H2,1H3. The molecule has 0 spiro atoms. The fourth-order valence-corrected chi connectivity index (χ4v) is 4.74. The summed E-state index contributed by atoms with van der Waals surface area (Å²) in [6, 6.07) is 3.37. The lowest BCUT2D eigenvalue weighted by molar-refractivity contribution is 0.300. The van der Waals surface area contributed by atoms with Crippen LogP contribution in [0.25, 0.3) is 0 Å². The number of hydrogen-bond acceptors (Lipinski definition) is 5. The van der Waals surface area contributed by atoms with E-state index in [1.807, 2.05) is 0 Å².